The second-order valence-corrected chi connectivity index (χ2v) is 12.5. The Labute approximate surface area is 250 Å². The zero-order valence-corrected chi connectivity index (χ0v) is 24.8. The highest BCUT2D eigenvalue weighted by atomic mass is 35.5. The Morgan fingerprint density at radius 2 is 1.60 bits per heavy atom. The number of hydrogen-bond acceptors (Lipinski definition) is 6. The summed E-state index contributed by atoms with van der Waals surface area (Å²) in [6.07, 6.45) is 4.88. The molecular formula is C30H33ClN4O6S. The summed E-state index contributed by atoms with van der Waals surface area (Å²) >= 11 is 6.41. The number of carbonyl (C=O) groups is 2. The number of nitro benzene ring substituents is 1. The number of carbonyl (C=O) groups excluding carboxylic acids is 2. The summed E-state index contributed by atoms with van der Waals surface area (Å²) in [6, 6.07) is 18.5. The number of nitrogens with zero attached hydrogens (tertiary/aromatic N) is 3. The third-order valence-electron chi connectivity index (χ3n) is 7.38. The summed E-state index contributed by atoms with van der Waals surface area (Å²) in [7, 11) is -4.28. The van der Waals surface area contributed by atoms with E-state index >= 15 is 0 Å². The van der Waals surface area contributed by atoms with E-state index in [1.807, 2.05) is 0 Å². The molecule has 0 saturated heterocycles. The minimum Gasteiger partial charge on any atom is -0.352 e. The van der Waals surface area contributed by atoms with Gasteiger partial charge in [0.05, 0.1) is 15.5 Å². The predicted molar refractivity (Wildman–Crippen MR) is 161 cm³/mol. The number of amides is 2. The Hall–Kier alpha value is -3.96. The first-order chi connectivity index (χ1) is 20.1. The largest absolute Gasteiger partial charge is 0.352 e. The molecule has 2 amide bonds. The third-order valence-corrected chi connectivity index (χ3v) is 9.53. The first kappa shape index (κ1) is 31.0. The van der Waals surface area contributed by atoms with Crippen molar-refractivity contribution in [1.29, 1.82) is 0 Å². The number of hydrogen-bond donors (Lipinski definition) is 1. The summed E-state index contributed by atoms with van der Waals surface area (Å²) in [5.41, 5.74) is 0.433. The van der Waals surface area contributed by atoms with E-state index in [1.54, 1.807) is 49.4 Å². The summed E-state index contributed by atoms with van der Waals surface area (Å²) in [4.78, 5) is 39.3. The average Bonchev–Trinajstić information content (AvgIpc) is 3.00. The number of nitrogens with one attached hydrogen (secondary N) is 1. The van der Waals surface area contributed by atoms with Crippen molar-refractivity contribution in [3.05, 3.63) is 99.6 Å². The monoisotopic (exact) mass is 612 g/mol. The number of anilines is 1. The van der Waals surface area contributed by atoms with Crippen LogP contribution in [0.2, 0.25) is 5.02 Å². The maximum absolute atomic E-state index is 14.0. The van der Waals surface area contributed by atoms with Gasteiger partial charge in [-0.25, -0.2) is 8.42 Å². The molecule has 0 heterocycles. The SMILES string of the molecule is C[C@@H](C(=O)NC1CCCCC1)N(Cc1ccccc1Cl)C(=O)CN(c1ccc([N+](=O)[O-])cc1)S(=O)(=O)c1ccccc1. The van der Waals surface area contributed by atoms with Crippen molar-refractivity contribution in [2.75, 3.05) is 10.8 Å². The van der Waals surface area contributed by atoms with Gasteiger partial charge in [0.2, 0.25) is 11.8 Å². The summed E-state index contributed by atoms with van der Waals surface area (Å²) < 4.78 is 28.5. The molecule has 3 aromatic rings. The van der Waals surface area contributed by atoms with Crippen LogP contribution in [0, 0.1) is 10.1 Å². The molecule has 1 fully saturated rings. The Morgan fingerprint density at radius 1 is 0.976 bits per heavy atom. The van der Waals surface area contributed by atoms with Gasteiger partial charge in [0, 0.05) is 29.7 Å². The van der Waals surface area contributed by atoms with E-state index in [4.69, 9.17) is 11.6 Å². The van der Waals surface area contributed by atoms with Gasteiger partial charge in [-0.3, -0.25) is 24.0 Å². The van der Waals surface area contributed by atoms with Gasteiger partial charge in [0.25, 0.3) is 15.7 Å². The van der Waals surface area contributed by atoms with Crippen LogP contribution in [0.15, 0.2) is 83.8 Å². The van der Waals surface area contributed by atoms with E-state index in [-0.39, 0.29) is 34.8 Å². The highest BCUT2D eigenvalue weighted by Crippen LogP contribution is 2.27. The minimum absolute atomic E-state index is 0.0148. The topological polar surface area (TPSA) is 130 Å². The standard InChI is InChI=1S/C30H33ClN4O6S/c1-22(30(37)32-24-11-4-2-5-12-24)33(20-23-10-8-9-15-28(23)31)29(36)21-34(25-16-18-26(19-17-25)35(38)39)42(40,41)27-13-6-3-7-14-27/h3,6-10,13-19,22,24H,2,4-5,11-12,20-21H2,1H3,(H,32,37)/t22-/m0/s1. The van der Waals surface area contributed by atoms with Gasteiger partial charge in [0.15, 0.2) is 0 Å². The number of non-ortho nitro benzene ring substituents is 1. The fourth-order valence-corrected chi connectivity index (χ4v) is 6.58. The molecule has 0 radical (unpaired) electrons. The van der Waals surface area contributed by atoms with E-state index in [1.165, 1.54) is 41.3 Å². The van der Waals surface area contributed by atoms with Gasteiger partial charge in [-0.15, -0.1) is 0 Å². The van der Waals surface area contributed by atoms with E-state index in [9.17, 15) is 28.1 Å². The molecule has 0 aliphatic heterocycles. The van der Waals surface area contributed by atoms with Gasteiger partial charge in [-0.1, -0.05) is 67.3 Å². The predicted octanol–water partition coefficient (Wildman–Crippen LogP) is 5.31. The quantitative estimate of drug-likeness (QED) is 0.231. The smallest absolute Gasteiger partial charge is 0.269 e. The Bertz CT molecular complexity index is 1510. The van der Waals surface area contributed by atoms with Crippen molar-refractivity contribution in [2.24, 2.45) is 0 Å². The number of benzene rings is 3. The summed E-state index contributed by atoms with van der Waals surface area (Å²) in [5.74, 6) is -0.978. The minimum atomic E-state index is -4.28. The van der Waals surface area contributed by atoms with Crippen LogP contribution in [-0.2, 0) is 26.2 Å². The van der Waals surface area contributed by atoms with E-state index < -0.39 is 33.4 Å². The molecule has 1 aliphatic carbocycles. The highest BCUT2D eigenvalue weighted by Gasteiger charge is 2.33. The Kier molecular flexibility index (Phi) is 10.2. The zero-order valence-electron chi connectivity index (χ0n) is 23.2. The molecule has 12 heteroatoms. The van der Waals surface area contributed by atoms with Gasteiger partial charge in [-0.2, -0.15) is 0 Å². The average molecular weight is 613 g/mol. The first-order valence-corrected chi connectivity index (χ1v) is 15.5. The van der Waals surface area contributed by atoms with Gasteiger partial charge in [0.1, 0.15) is 12.6 Å². The van der Waals surface area contributed by atoms with Crippen LogP contribution in [0.1, 0.15) is 44.6 Å². The molecule has 0 bridgehead atoms. The first-order valence-electron chi connectivity index (χ1n) is 13.7. The van der Waals surface area contributed by atoms with Crippen molar-refractivity contribution in [3.63, 3.8) is 0 Å². The molecule has 3 aromatic carbocycles. The normalized spacial score (nSPS) is 14.5. The van der Waals surface area contributed by atoms with Crippen LogP contribution in [-0.4, -0.2) is 48.7 Å². The molecule has 1 atom stereocenters. The van der Waals surface area contributed by atoms with E-state index in [2.05, 4.69) is 5.32 Å². The zero-order chi connectivity index (χ0) is 30.3. The van der Waals surface area contributed by atoms with Crippen molar-refractivity contribution in [1.82, 2.24) is 10.2 Å². The van der Waals surface area contributed by atoms with Gasteiger partial charge >= 0.3 is 0 Å². The molecule has 1 N–H and O–H groups in total. The van der Waals surface area contributed by atoms with Gasteiger partial charge < -0.3 is 10.2 Å². The van der Waals surface area contributed by atoms with Crippen LogP contribution in [0.5, 0.6) is 0 Å². The maximum Gasteiger partial charge on any atom is 0.269 e. The second kappa shape index (κ2) is 13.8. The molecule has 1 saturated carbocycles. The lowest BCUT2D eigenvalue weighted by molar-refractivity contribution is -0.384. The lowest BCUT2D eigenvalue weighted by Gasteiger charge is -2.33. The molecule has 42 heavy (non-hydrogen) atoms. The fourth-order valence-electron chi connectivity index (χ4n) is 4.95. The second-order valence-electron chi connectivity index (χ2n) is 10.2. The number of nitro groups is 1. The molecule has 1 aliphatic rings. The van der Waals surface area contributed by atoms with Crippen molar-refractivity contribution in [2.45, 2.75) is 62.6 Å². The van der Waals surface area contributed by atoms with Gasteiger partial charge in [-0.05, 0) is 55.7 Å². The van der Waals surface area contributed by atoms with Crippen LogP contribution >= 0.6 is 11.6 Å². The molecule has 4 rings (SSSR count). The van der Waals surface area contributed by atoms with Crippen molar-refractivity contribution < 1.29 is 22.9 Å². The Morgan fingerprint density at radius 3 is 2.21 bits per heavy atom. The summed E-state index contributed by atoms with van der Waals surface area (Å²) in [5, 5.41) is 14.7. The maximum atomic E-state index is 14.0. The van der Waals surface area contributed by atoms with Crippen LogP contribution < -0.4 is 9.62 Å². The molecule has 222 valence electrons. The number of rotatable bonds is 11. The Balaban J connectivity index is 1.69. The molecule has 0 aromatic heterocycles. The molecule has 10 nitrogen and oxygen atoms in total. The molecule has 0 spiro atoms. The van der Waals surface area contributed by atoms with Crippen molar-refractivity contribution >= 4 is 44.8 Å². The van der Waals surface area contributed by atoms with Crippen LogP contribution in [0.4, 0.5) is 11.4 Å². The van der Waals surface area contributed by atoms with Crippen LogP contribution in [0.25, 0.3) is 0 Å². The number of sulfonamides is 1. The molecule has 0 unspecified atom stereocenters. The fraction of sp³-hybridized carbons (Fsp3) is 0.333. The van der Waals surface area contributed by atoms with Crippen LogP contribution in [0.3, 0.4) is 0 Å². The highest BCUT2D eigenvalue weighted by molar-refractivity contribution is 7.92. The molecular weight excluding hydrogens is 580 g/mol. The number of halogens is 1. The summed E-state index contributed by atoms with van der Waals surface area (Å²) in [6.45, 7) is 0.923. The third kappa shape index (κ3) is 7.46. The van der Waals surface area contributed by atoms with Crippen molar-refractivity contribution in [3.8, 4) is 0 Å². The lowest BCUT2D eigenvalue weighted by Crippen LogP contribution is -2.53. The van der Waals surface area contributed by atoms with E-state index in [0.29, 0.717) is 10.6 Å². The van der Waals surface area contributed by atoms with E-state index in [0.717, 1.165) is 36.4 Å². The lowest BCUT2D eigenvalue weighted by atomic mass is 9.95.